The van der Waals surface area contributed by atoms with E-state index >= 15 is 0 Å². The molecule has 0 saturated carbocycles. The van der Waals surface area contributed by atoms with Gasteiger partial charge >= 0.3 is 0 Å². The van der Waals surface area contributed by atoms with Gasteiger partial charge in [-0.05, 0) is 62.9 Å². The maximum Gasteiger partial charge on any atom is 0.293 e. The Labute approximate surface area is 185 Å². The Balaban J connectivity index is 1.84. The van der Waals surface area contributed by atoms with Crippen LogP contribution in [0.4, 0.5) is 17.1 Å². The highest BCUT2D eigenvalue weighted by atomic mass is 32.1. The molecule has 0 aliphatic carbocycles. The summed E-state index contributed by atoms with van der Waals surface area (Å²) in [5.74, 6) is -1.22. The number of rotatable bonds is 4. The maximum atomic E-state index is 12.4. The Kier molecular flexibility index (Phi) is 6.17. The number of nitro benzene ring substituents is 1. The Morgan fingerprint density at radius 1 is 0.871 bits per heavy atom. The predicted molar refractivity (Wildman–Crippen MR) is 122 cm³/mol. The van der Waals surface area contributed by atoms with E-state index in [9.17, 15) is 19.7 Å². The van der Waals surface area contributed by atoms with E-state index in [2.05, 4.69) is 20.4 Å². The molecule has 31 heavy (non-hydrogen) atoms. The van der Waals surface area contributed by atoms with Gasteiger partial charge in [0, 0.05) is 43.5 Å². The second-order valence-electron chi connectivity index (χ2n) is 8.05. The van der Waals surface area contributed by atoms with Gasteiger partial charge in [0.2, 0.25) is 0 Å². The van der Waals surface area contributed by atoms with E-state index in [1.165, 1.54) is 12.1 Å². The van der Waals surface area contributed by atoms with Crippen LogP contribution in [0.25, 0.3) is 6.08 Å². The molecule has 3 aliphatic heterocycles. The van der Waals surface area contributed by atoms with Crippen molar-refractivity contribution in [3.8, 4) is 0 Å². The minimum Gasteiger partial charge on any atom is -0.371 e. The predicted octanol–water partition coefficient (Wildman–Crippen LogP) is 2.49. The van der Waals surface area contributed by atoms with Crippen molar-refractivity contribution in [1.29, 1.82) is 0 Å². The summed E-state index contributed by atoms with van der Waals surface area (Å²) in [6.45, 7) is 3.22. The van der Waals surface area contributed by atoms with E-state index in [1.807, 2.05) is 6.07 Å². The van der Waals surface area contributed by atoms with E-state index in [1.54, 1.807) is 0 Å². The van der Waals surface area contributed by atoms with Crippen molar-refractivity contribution in [3.05, 3.63) is 33.4 Å². The molecule has 10 heteroatoms. The fourth-order valence-corrected chi connectivity index (χ4v) is 4.59. The van der Waals surface area contributed by atoms with Crippen LogP contribution < -0.4 is 20.4 Å². The van der Waals surface area contributed by atoms with Gasteiger partial charge in [0.15, 0.2) is 5.11 Å². The van der Waals surface area contributed by atoms with Crippen molar-refractivity contribution in [3.63, 3.8) is 0 Å². The highest BCUT2D eigenvalue weighted by molar-refractivity contribution is 7.80. The number of nitrogens with zero attached hydrogens (tertiary/aromatic N) is 3. The number of carbonyl (C=O) groups is 2. The van der Waals surface area contributed by atoms with E-state index in [0.717, 1.165) is 70.4 Å². The summed E-state index contributed by atoms with van der Waals surface area (Å²) in [4.78, 5) is 40.5. The number of hydrogen-bond donors (Lipinski definition) is 2. The molecule has 0 bridgehead atoms. The molecule has 0 unspecified atom stereocenters. The van der Waals surface area contributed by atoms with Crippen molar-refractivity contribution >= 4 is 52.3 Å². The number of nitrogens with one attached hydrogen (secondary N) is 2. The lowest BCUT2D eigenvalue weighted by Gasteiger charge is -2.33. The molecule has 3 fully saturated rings. The number of anilines is 2. The second kappa shape index (κ2) is 9.01. The first-order valence-corrected chi connectivity index (χ1v) is 11.1. The summed E-state index contributed by atoms with van der Waals surface area (Å²) >= 11 is 4.86. The molecule has 3 saturated heterocycles. The molecule has 0 spiro atoms. The number of nitro groups is 1. The zero-order valence-corrected chi connectivity index (χ0v) is 18.0. The second-order valence-corrected chi connectivity index (χ2v) is 8.46. The first-order valence-electron chi connectivity index (χ1n) is 10.6. The largest absolute Gasteiger partial charge is 0.371 e. The zero-order valence-electron chi connectivity index (χ0n) is 17.2. The third kappa shape index (κ3) is 4.53. The molecular weight excluding hydrogens is 418 g/mol. The Hall–Kier alpha value is -3.01. The Morgan fingerprint density at radius 3 is 1.90 bits per heavy atom. The fourth-order valence-electron chi connectivity index (χ4n) is 4.40. The van der Waals surface area contributed by atoms with Crippen molar-refractivity contribution < 1.29 is 14.5 Å². The molecule has 0 radical (unpaired) electrons. The van der Waals surface area contributed by atoms with Gasteiger partial charge < -0.3 is 9.80 Å². The van der Waals surface area contributed by atoms with Crippen LogP contribution in [0.15, 0.2) is 17.7 Å². The maximum absolute atomic E-state index is 12.4. The molecular formula is C21H25N5O4S. The van der Waals surface area contributed by atoms with E-state index in [4.69, 9.17) is 12.2 Å². The monoisotopic (exact) mass is 443 g/mol. The molecule has 0 atom stereocenters. The van der Waals surface area contributed by atoms with Crippen molar-refractivity contribution in [2.24, 2.45) is 0 Å². The van der Waals surface area contributed by atoms with Gasteiger partial charge in [-0.3, -0.25) is 30.3 Å². The van der Waals surface area contributed by atoms with Gasteiger partial charge in [-0.15, -0.1) is 0 Å². The highest BCUT2D eigenvalue weighted by Crippen LogP contribution is 2.39. The number of hydrogen-bond acceptors (Lipinski definition) is 7. The summed E-state index contributed by atoms with van der Waals surface area (Å²) < 4.78 is 0. The molecule has 1 aromatic carbocycles. The molecule has 2 N–H and O–H groups in total. The lowest BCUT2D eigenvalue weighted by Crippen LogP contribution is -2.51. The Morgan fingerprint density at radius 2 is 1.39 bits per heavy atom. The van der Waals surface area contributed by atoms with Crippen molar-refractivity contribution in [1.82, 2.24) is 10.6 Å². The SMILES string of the molecule is O=C1NC(=S)NC(=O)C1=Cc1cc([N+](=O)[O-])c(N2CCCCC2)cc1N1CCCCC1. The number of amides is 2. The average Bonchev–Trinajstić information content (AvgIpc) is 2.77. The van der Waals surface area contributed by atoms with Crippen LogP contribution in [0.2, 0.25) is 0 Å². The standard InChI is InChI=1S/C21H25N5O4S/c27-19-15(20(28)23-21(31)22-19)11-14-12-18(26(29)30)17(25-9-5-2-6-10-25)13-16(14)24-7-3-1-4-8-24/h11-13H,1-10H2,(H2,22,23,27,28,31). The molecule has 0 aromatic heterocycles. The number of thiocarbonyl (C=S) groups is 1. The number of benzene rings is 1. The van der Waals surface area contributed by atoms with Crippen LogP contribution in [-0.2, 0) is 9.59 Å². The van der Waals surface area contributed by atoms with Gasteiger partial charge in [0.05, 0.1) is 4.92 Å². The molecule has 164 valence electrons. The quantitative estimate of drug-likeness (QED) is 0.242. The first-order chi connectivity index (χ1) is 14.9. The Bertz CT molecular complexity index is 943. The number of carbonyl (C=O) groups excluding carboxylic acids is 2. The lowest BCUT2D eigenvalue weighted by atomic mass is 10.0. The highest BCUT2D eigenvalue weighted by Gasteiger charge is 2.29. The van der Waals surface area contributed by atoms with Crippen LogP contribution in [0, 0.1) is 10.1 Å². The molecule has 3 aliphatic rings. The molecule has 4 rings (SSSR count). The van der Waals surface area contributed by atoms with E-state index in [0.29, 0.717) is 11.3 Å². The van der Waals surface area contributed by atoms with Crippen LogP contribution in [-0.4, -0.2) is 48.0 Å². The molecule has 1 aromatic rings. The summed E-state index contributed by atoms with van der Waals surface area (Å²) in [5, 5.41) is 16.7. The lowest BCUT2D eigenvalue weighted by molar-refractivity contribution is -0.384. The fraction of sp³-hybridized carbons (Fsp3) is 0.476. The van der Waals surface area contributed by atoms with E-state index < -0.39 is 11.8 Å². The smallest absolute Gasteiger partial charge is 0.293 e. The minimum absolute atomic E-state index is 0.0124. The first kappa shape index (κ1) is 21.2. The summed E-state index contributed by atoms with van der Waals surface area (Å²) in [6.07, 6.45) is 7.76. The van der Waals surface area contributed by atoms with E-state index in [-0.39, 0.29) is 21.3 Å². The van der Waals surface area contributed by atoms with Crippen LogP contribution in [0.1, 0.15) is 44.1 Å². The normalized spacial score (nSPS) is 19.7. The van der Waals surface area contributed by atoms with Crippen LogP contribution >= 0.6 is 12.2 Å². The van der Waals surface area contributed by atoms with Crippen molar-refractivity contribution in [2.75, 3.05) is 36.0 Å². The molecule has 2 amide bonds. The third-order valence-corrected chi connectivity index (χ3v) is 6.16. The summed E-state index contributed by atoms with van der Waals surface area (Å²) in [7, 11) is 0. The third-order valence-electron chi connectivity index (χ3n) is 5.96. The average molecular weight is 444 g/mol. The minimum atomic E-state index is -0.610. The summed E-state index contributed by atoms with van der Waals surface area (Å²) in [5.41, 5.74) is 1.77. The zero-order chi connectivity index (χ0) is 22.0. The van der Waals surface area contributed by atoms with Gasteiger partial charge in [-0.1, -0.05) is 0 Å². The summed E-state index contributed by atoms with van der Waals surface area (Å²) in [6, 6.07) is 3.36. The molecule has 3 heterocycles. The number of piperidine rings is 2. The topological polar surface area (TPSA) is 108 Å². The van der Waals surface area contributed by atoms with Crippen LogP contribution in [0.3, 0.4) is 0 Å². The molecule has 9 nitrogen and oxygen atoms in total. The van der Waals surface area contributed by atoms with Crippen LogP contribution in [0.5, 0.6) is 0 Å². The van der Waals surface area contributed by atoms with Gasteiger partial charge in [-0.2, -0.15) is 0 Å². The van der Waals surface area contributed by atoms with Gasteiger partial charge in [0.1, 0.15) is 11.3 Å². The van der Waals surface area contributed by atoms with Crippen molar-refractivity contribution in [2.45, 2.75) is 38.5 Å². The van der Waals surface area contributed by atoms with Gasteiger partial charge in [0.25, 0.3) is 17.5 Å². The van der Waals surface area contributed by atoms with Gasteiger partial charge in [-0.25, -0.2) is 0 Å².